The standard InChI is InChI=1S/C18H21BrN2O4S/c1-3-21(26(23,24)17-11-5-14(19)6-12-17)13-18(22)20-15-7-9-16(10-8-15)25-4-2/h5-12H,3-4,13H2,1-2H3,(H,20,22). The number of carbonyl (C=O) groups is 1. The molecule has 0 heterocycles. The van der Waals surface area contributed by atoms with E-state index in [0.717, 1.165) is 8.78 Å². The Morgan fingerprint density at radius 3 is 2.23 bits per heavy atom. The van der Waals surface area contributed by atoms with Gasteiger partial charge >= 0.3 is 0 Å². The topological polar surface area (TPSA) is 75.7 Å². The average molecular weight is 441 g/mol. The molecule has 0 aromatic heterocycles. The van der Waals surface area contributed by atoms with Crippen LogP contribution in [0.1, 0.15) is 13.8 Å². The third-order valence-corrected chi connectivity index (χ3v) is 6.04. The minimum absolute atomic E-state index is 0.149. The van der Waals surface area contributed by atoms with Crippen LogP contribution in [0.25, 0.3) is 0 Å². The number of ether oxygens (including phenoxy) is 1. The molecule has 0 spiro atoms. The Morgan fingerprint density at radius 2 is 1.69 bits per heavy atom. The van der Waals surface area contributed by atoms with Crippen LogP contribution < -0.4 is 10.1 Å². The second-order valence-corrected chi connectivity index (χ2v) is 8.24. The molecule has 2 aromatic carbocycles. The zero-order valence-corrected chi connectivity index (χ0v) is 17.0. The predicted octanol–water partition coefficient (Wildman–Crippen LogP) is 3.50. The van der Waals surface area contributed by atoms with Gasteiger partial charge in [0.1, 0.15) is 5.75 Å². The lowest BCUT2D eigenvalue weighted by molar-refractivity contribution is -0.116. The third kappa shape index (κ3) is 5.30. The number of anilines is 1. The van der Waals surface area contributed by atoms with Crippen LogP contribution in [0, 0.1) is 0 Å². The maximum absolute atomic E-state index is 12.7. The number of rotatable bonds is 8. The van der Waals surface area contributed by atoms with E-state index in [0.29, 0.717) is 18.0 Å². The summed E-state index contributed by atoms with van der Waals surface area (Å²) in [5, 5.41) is 2.70. The number of amides is 1. The van der Waals surface area contributed by atoms with Gasteiger partial charge in [0.05, 0.1) is 18.0 Å². The highest BCUT2D eigenvalue weighted by Gasteiger charge is 2.25. The molecule has 0 radical (unpaired) electrons. The first-order valence-corrected chi connectivity index (χ1v) is 10.4. The highest BCUT2D eigenvalue weighted by molar-refractivity contribution is 9.10. The van der Waals surface area contributed by atoms with E-state index in [2.05, 4.69) is 21.2 Å². The normalized spacial score (nSPS) is 11.4. The second kappa shape index (κ2) is 9.16. The fourth-order valence-corrected chi connectivity index (χ4v) is 3.95. The summed E-state index contributed by atoms with van der Waals surface area (Å²) in [4.78, 5) is 12.4. The van der Waals surface area contributed by atoms with E-state index in [-0.39, 0.29) is 18.0 Å². The van der Waals surface area contributed by atoms with Gasteiger partial charge in [0.25, 0.3) is 0 Å². The summed E-state index contributed by atoms with van der Waals surface area (Å²) in [6, 6.07) is 13.2. The van der Waals surface area contributed by atoms with Gasteiger partial charge in [0, 0.05) is 16.7 Å². The summed E-state index contributed by atoms with van der Waals surface area (Å²) in [6.45, 7) is 4.07. The monoisotopic (exact) mass is 440 g/mol. The summed E-state index contributed by atoms with van der Waals surface area (Å²) in [7, 11) is -3.74. The summed E-state index contributed by atoms with van der Waals surface area (Å²) in [5.74, 6) is 0.301. The van der Waals surface area contributed by atoms with E-state index in [1.54, 1.807) is 43.3 Å². The molecule has 0 aliphatic carbocycles. The minimum Gasteiger partial charge on any atom is -0.494 e. The zero-order chi connectivity index (χ0) is 19.2. The molecule has 6 nitrogen and oxygen atoms in total. The lowest BCUT2D eigenvalue weighted by Crippen LogP contribution is -2.37. The van der Waals surface area contributed by atoms with Crippen molar-refractivity contribution in [1.82, 2.24) is 4.31 Å². The van der Waals surface area contributed by atoms with Gasteiger partial charge in [-0.1, -0.05) is 22.9 Å². The molecular formula is C18H21BrN2O4S. The van der Waals surface area contributed by atoms with Crippen LogP contribution >= 0.6 is 15.9 Å². The largest absolute Gasteiger partial charge is 0.494 e. The van der Waals surface area contributed by atoms with Gasteiger partial charge in [-0.25, -0.2) is 8.42 Å². The number of benzene rings is 2. The smallest absolute Gasteiger partial charge is 0.243 e. The summed E-state index contributed by atoms with van der Waals surface area (Å²) in [6.07, 6.45) is 0. The Morgan fingerprint density at radius 1 is 1.08 bits per heavy atom. The molecule has 2 aromatic rings. The Hall–Kier alpha value is -1.90. The van der Waals surface area contributed by atoms with Crippen molar-refractivity contribution in [1.29, 1.82) is 0 Å². The van der Waals surface area contributed by atoms with Crippen LogP contribution in [-0.4, -0.2) is 38.3 Å². The lowest BCUT2D eigenvalue weighted by atomic mass is 10.3. The maximum Gasteiger partial charge on any atom is 0.243 e. The zero-order valence-electron chi connectivity index (χ0n) is 14.6. The first-order valence-electron chi connectivity index (χ1n) is 8.15. The number of sulfonamides is 1. The summed E-state index contributed by atoms with van der Waals surface area (Å²) in [5.41, 5.74) is 0.579. The fourth-order valence-electron chi connectivity index (χ4n) is 2.28. The van der Waals surface area contributed by atoms with Crippen LogP contribution in [-0.2, 0) is 14.8 Å². The number of nitrogens with one attached hydrogen (secondary N) is 1. The molecule has 0 aliphatic rings. The Balaban J connectivity index is 2.06. The van der Waals surface area contributed by atoms with Crippen molar-refractivity contribution in [3.8, 4) is 5.75 Å². The molecule has 1 amide bonds. The van der Waals surface area contributed by atoms with Gasteiger partial charge in [-0.2, -0.15) is 4.31 Å². The van der Waals surface area contributed by atoms with Crippen LogP contribution in [0.5, 0.6) is 5.75 Å². The summed E-state index contributed by atoms with van der Waals surface area (Å²) < 4.78 is 32.7. The Kier molecular flexibility index (Phi) is 7.19. The lowest BCUT2D eigenvalue weighted by Gasteiger charge is -2.20. The van der Waals surface area contributed by atoms with E-state index < -0.39 is 15.9 Å². The van der Waals surface area contributed by atoms with Crippen molar-refractivity contribution in [3.63, 3.8) is 0 Å². The van der Waals surface area contributed by atoms with Crippen molar-refractivity contribution in [2.75, 3.05) is 25.0 Å². The van der Waals surface area contributed by atoms with E-state index in [4.69, 9.17) is 4.74 Å². The number of hydrogen-bond acceptors (Lipinski definition) is 4. The number of nitrogens with zero attached hydrogens (tertiary/aromatic N) is 1. The molecule has 0 saturated carbocycles. The third-order valence-electron chi connectivity index (χ3n) is 3.57. The van der Waals surface area contributed by atoms with Gasteiger partial charge < -0.3 is 10.1 Å². The van der Waals surface area contributed by atoms with E-state index >= 15 is 0 Å². The molecule has 0 saturated heterocycles. The van der Waals surface area contributed by atoms with Crippen molar-refractivity contribution in [2.45, 2.75) is 18.7 Å². The van der Waals surface area contributed by atoms with Gasteiger partial charge in [0.2, 0.25) is 15.9 Å². The Labute approximate surface area is 162 Å². The van der Waals surface area contributed by atoms with Gasteiger partial charge in [-0.3, -0.25) is 4.79 Å². The number of halogens is 1. The van der Waals surface area contributed by atoms with E-state index in [1.807, 2.05) is 6.92 Å². The van der Waals surface area contributed by atoms with Crippen molar-refractivity contribution < 1.29 is 17.9 Å². The molecular weight excluding hydrogens is 420 g/mol. The predicted molar refractivity (Wildman–Crippen MR) is 105 cm³/mol. The maximum atomic E-state index is 12.7. The molecule has 0 aliphatic heterocycles. The van der Waals surface area contributed by atoms with Crippen LogP contribution in [0.4, 0.5) is 5.69 Å². The molecule has 140 valence electrons. The highest BCUT2D eigenvalue weighted by atomic mass is 79.9. The van der Waals surface area contributed by atoms with Gasteiger partial charge in [0.15, 0.2) is 0 Å². The summed E-state index contributed by atoms with van der Waals surface area (Å²) >= 11 is 3.28. The quantitative estimate of drug-likeness (QED) is 0.681. The van der Waals surface area contributed by atoms with Crippen molar-refractivity contribution in [3.05, 3.63) is 53.0 Å². The van der Waals surface area contributed by atoms with Gasteiger partial charge in [-0.15, -0.1) is 0 Å². The SMILES string of the molecule is CCOc1ccc(NC(=O)CN(CC)S(=O)(=O)c2ccc(Br)cc2)cc1. The molecule has 0 bridgehead atoms. The number of hydrogen-bond donors (Lipinski definition) is 1. The number of carbonyl (C=O) groups excluding carboxylic acids is 1. The minimum atomic E-state index is -3.74. The first kappa shape index (κ1) is 20.4. The van der Waals surface area contributed by atoms with Crippen LogP contribution in [0.2, 0.25) is 0 Å². The molecule has 0 fully saturated rings. The average Bonchev–Trinajstić information content (AvgIpc) is 2.62. The van der Waals surface area contributed by atoms with Crippen molar-refractivity contribution in [2.24, 2.45) is 0 Å². The van der Waals surface area contributed by atoms with Gasteiger partial charge in [-0.05, 0) is 55.5 Å². The highest BCUT2D eigenvalue weighted by Crippen LogP contribution is 2.19. The van der Waals surface area contributed by atoms with Crippen molar-refractivity contribution >= 4 is 37.5 Å². The molecule has 2 rings (SSSR count). The molecule has 26 heavy (non-hydrogen) atoms. The fraction of sp³-hybridized carbons (Fsp3) is 0.278. The number of likely N-dealkylation sites (N-methyl/N-ethyl adjacent to an activating group) is 1. The Bertz CT molecular complexity index is 836. The van der Waals surface area contributed by atoms with Crippen LogP contribution in [0.3, 0.4) is 0 Å². The molecule has 0 atom stereocenters. The molecule has 8 heteroatoms. The molecule has 0 unspecified atom stereocenters. The van der Waals surface area contributed by atoms with Crippen LogP contribution in [0.15, 0.2) is 57.9 Å². The molecule has 1 N–H and O–H groups in total. The first-order chi connectivity index (χ1) is 12.4. The van der Waals surface area contributed by atoms with E-state index in [1.165, 1.54) is 12.1 Å². The second-order valence-electron chi connectivity index (χ2n) is 5.39. The van der Waals surface area contributed by atoms with E-state index in [9.17, 15) is 13.2 Å².